The van der Waals surface area contributed by atoms with Crippen LogP contribution in [-0.4, -0.2) is 38.2 Å². The fourth-order valence-corrected chi connectivity index (χ4v) is 4.06. The quantitative estimate of drug-likeness (QED) is 0.334. The first-order chi connectivity index (χ1) is 16.5. The third kappa shape index (κ3) is 4.29. The van der Waals surface area contributed by atoms with E-state index in [0.717, 1.165) is 28.1 Å². The third-order valence-corrected chi connectivity index (χ3v) is 5.78. The van der Waals surface area contributed by atoms with Crippen LogP contribution in [0.5, 0.6) is 23.0 Å². The second-order valence-corrected chi connectivity index (χ2v) is 7.71. The number of benzene rings is 3. The van der Waals surface area contributed by atoms with Gasteiger partial charge in [0.25, 0.3) is 0 Å². The van der Waals surface area contributed by atoms with Crippen molar-refractivity contribution in [1.29, 1.82) is 0 Å². The Morgan fingerprint density at radius 2 is 1.29 bits per heavy atom. The van der Waals surface area contributed by atoms with Crippen LogP contribution in [0.1, 0.15) is 11.1 Å². The summed E-state index contributed by atoms with van der Waals surface area (Å²) in [6.45, 7) is 2.27. The Morgan fingerprint density at radius 3 is 1.88 bits per heavy atom. The van der Waals surface area contributed by atoms with Gasteiger partial charge < -0.3 is 18.9 Å². The minimum absolute atomic E-state index is 0.268. The molecule has 7 heteroatoms. The van der Waals surface area contributed by atoms with Crippen molar-refractivity contribution in [3.8, 4) is 45.5 Å². The van der Waals surface area contributed by atoms with E-state index in [4.69, 9.17) is 24.0 Å². The summed E-state index contributed by atoms with van der Waals surface area (Å²) in [4.78, 5) is 0. The standard InChI is InChI=1S/C27H27FN2O4/c1-17-26(18-10-12-22(31-2)24(14-18)33-4)29-30(16-20-8-6-7-9-21(20)28)27(17)19-11-13-23(32-3)25(15-19)34-5/h6-15H,16H2,1-5H3. The van der Waals surface area contributed by atoms with Crippen LogP contribution < -0.4 is 18.9 Å². The highest BCUT2D eigenvalue weighted by Gasteiger charge is 2.21. The molecule has 0 saturated heterocycles. The molecule has 0 N–H and O–H groups in total. The number of rotatable bonds is 8. The van der Waals surface area contributed by atoms with E-state index in [-0.39, 0.29) is 12.4 Å². The zero-order chi connectivity index (χ0) is 24.2. The number of methoxy groups -OCH3 is 4. The maximum absolute atomic E-state index is 14.5. The second kappa shape index (κ2) is 9.87. The summed E-state index contributed by atoms with van der Waals surface area (Å²) in [5.74, 6) is 2.20. The maximum Gasteiger partial charge on any atom is 0.161 e. The van der Waals surface area contributed by atoms with Gasteiger partial charge in [0.1, 0.15) is 5.82 Å². The van der Waals surface area contributed by atoms with Crippen molar-refractivity contribution in [2.24, 2.45) is 0 Å². The smallest absolute Gasteiger partial charge is 0.161 e. The Morgan fingerprint density at radius 1 is 0.735 bits per heavy atom. The molecule has 0 aliphatic carbocycles. The highest BCUT2D eigenvalue weighted by Crippen LogP contribution is 2.39. The minimum Gasteiger partial charge on any atom is -0.493 e. The molecule has 6 nitrogen and oxygen atoms in total. The number of hydrogen-bond acceptors (Lipinski definition) is 5. The van der Waals surface area contributed by atoms with E-state index in [1.54, 1.807) is 40.6 Å². The van der Waals surface area contributed by atoms with E-state index in [9.17, 15) is 4.39 Å². The summed E-state index contributed by atoms with van der Waals surface area (Å²) in [5.41, 5.74) is 4.85. The Hall–Kier alpha value is -4.00. The van der Waals surface area contributed by atoms with Crippen LogP contribution in [0.3, 0.4) is 0 Å². The van der Waals surface area contributed by atoms with E-state index < -0.39 is 0 Å². The fourth-order valence-electron chi connectivity index (χ4n) is 4.06. The van der Waals surface area contributed by atoms with Crippen LogP contribution in [-0.2, 0) is 6.54 Å². The molecule has 0 bridgehead atoms. The molecule has 0 unspecified atom stereocenters. The van der Waals surface area contributed by atoms with E-state index in [2.05, 4.69) is 0 Å². The normalized spacial score (nSPS) is 10.8. The molecule has 0 aliphatic heterocycles. The van der Waals surface area contributed by atoms with Gasteiger partial charge in [0.05, 0.1) is 46.4 Å². The SMILES string of the molecule is COc1ccc(-c2nn(Cc3ccccc3F)c(-c3ccc(OC)c(OC)c3)c2C)cc1OC. The van der Waals surface area contributed by atoms with Gasteiger partial charge in [0, 0.05) is 22.3 Å². The molecular weight excluding hydrogens is 435 g/mol. The maximum atomic E-state index is 14.5. The molecule has 0 fully saturated rings. The Balaban J connectivity index is 1.91. The molecule has 3 aromatic carbocycles. The van der Waals surface area contributed by atoms with Gasteiger partial charge in [-0.25, -0.2) is 4.39 Å². The van der Waals surface area contributed by atoms with Crippen molar-refractivity contribution < 1.29 is 23.3 Å². The van der Waals surface area contributed by atoms with E-state index in [0.29, 0.717) is 28.6 Å². The summed E-state index contributed by atoms with van der Waals surface area (Å²) in [6.07, 6.45) is 0. The molecule has 0 saturated carbocycles. The lowest BCUT2D eigenvalue weighted by molar-refractivity contribution is 0.355. The highest BCUT2D eigenvalue weighted by molar-refractivity contribution is 5.76. The Kier molecular flexibility index (Phi) is 6.72. The molecule has 0 aliphatic rings. The topological polar surface area (TPSA) is 54.7 Å². The van der Waals surface area contributed by atoms with Crippen molar-refractivity contribution in [2.75, 3.05) is 28.4 Å². The first-order valence-electron chi connectivity index (χ1n) is 10.8. The van der Waals surface area contributed by atoms with Gasteiger partial charge in [0.2, 0.25) is 0 Å². The summed E-state index contributed by atoms with van der Waals surface area (Å²) in [5, 5.41) is 4.90. The highest BCUT2D eigenvalue weighted by atomic mass is 19.1. The lowest BCUT2D eigenvalue weighted by Crippen LogP contribution is -2.06. The zero-order valence-corrected chi connectivity index (χ0v) is 19.9. The van der Waals surface area contributed by atoms with Gasteiger partial charge in [-0.05, 0) is 49.4 Å². The monoisotopic (exact) mass is 462 g/mol. The van der Waals surface area contributed by atoms with Gasteiger partial charge in [-0.1, -0.05) is 18.2 Å². The Labute approximate surface area is 198 Å². The van der Waals surface area contributed by atoms with Crippen LogP contribution in [0.15, 0.2) is 60.7 Å². The lowest BCUT2D eigenvalue weighted by atomic mass is 10.0. The predicted molar refractivity (Wildman–Crippen MR) is 130 cm³/mol. The summed E-state index contributed by atoms with van der Waals surface area (Å²) in [7, 11) is 6.39. The van der Waals surface area contributed by atoms with E-state index >= 15 is 0 Å². The molecule has 176 valence electrons. The van der Waals surface area contributed by atoms with E-state index in [1.807, 2.05) is 54.1 Å². The predicted octanol–water partition coefficient (Wildman–Crippen LogP) is 5.75. The zero-order valence-electron chi connectivity index (χ0n) is 19.9. The van der Waals surface area contributed by atoms with Crippen LogP contribution >= 0.6 is 0 Å². The van der Waals surface area contributed by atoms with Crippen LogP contribution in [0.2, 0.25) is 0 Å². The minimum atomic E-state index is -0.276. The molecule has 34 heavy (non-hydrogen) atoms. The molecule has 4 aromatic rings. The first kappa shape index (κ1) is 23.2. The van der Waals surface area contributed by atoms with Crippen LogP contribution in [0.25, 0.3) is 22.5 Å². The van der Waals surface area contributed by atoms with Crippen molar-refractivity contribution in [2.45, 2.75) is 13.5 Å². The van der Waals surface area contributed by atoms with Gasteiger partial charge in [-0.2, -0.15) is 5.10 Å². The van der Waals surface area contributed by atoms with Crippen LogP contribution in [0.4, 0.5) is 4.39 Å². The van der Waals surface area contributed by atoms with Gasteiger partial charge in [-0.3, -0.25) is 4.68 Å². The Bertz CT molecular complexity index is 1320. The fraction of sp³-hybridized carbons (Fsp3) is 0.222. The first-order valence-corrected chi connectivity index (χ1v) is 10.8. The molecule has 0 atom stereocenters. The second-order valence-electron chi connectivity index (χ2n) is 7.71. The molecule has 0 amide bonds. The number of ether oxygens (including phenoxy) is 4. The largest absolute Gasteiger partial charge is 0.493 e. The molecule has 1 aromatic heterocycles. The number of hydrogen-bond donors (Lipinski definition) is 0. The third-order valence-electron chi connectivity index (χ3n) is 5.78. The molecule has 0 spiro atoms. The number of halogens is 1. The van der Waals surface area contributed by atoms with Crippen molar-refractivity contribution in [1.82, 2.24) is 9.78 Å². The molecule has 4 rings (SSSR count). The van der Waals surface area contributed by atoms with Crippen molar-refractivity contribution in [3.63, 3.8) is 0 Å². The number of aromatic nitrogens is 2. The average molecular weight is 463 g/mol. The molecular formula is C27H27FN2O4. The van der Waals surface area contributed by atoms with Gasteiger partial charge in [-0.15, -0.1) is 0 Å². The van der Waals surface area contributed by atoms with Gasteiger partial charge >= 0.3 is 0 Å². The summed E-state index contributed by atoms with van der Waals surface area (Å²) >= 11 is 0. The van der Waals surface area contributed by atoms with E-state index in [1.165, 1.54) is 6.07 Å². The number of nitrogens with zero attached hydrogens (tertiary/aromatic N) is 2. The molecule has 1 heterocycles. The van der Waals surface area contributed by atoms with Crippen molar-refractivity contribution in [3.05, 3.63) is 77.6 Å². The lowest BCUT2D eigenvalue weighted by Gasteiger charge is -2.13. The molecule has 0 radical (unpaired) electrons. The summed E-state index contributed by atoms with van der Waals surface area (Å²) in [6, 6.07) is 18.1. The average Bonchev–Trinajstić information content (AvgIpc) is 3.19. The summed E-state index contributed by atoms with van der Waals surface area (Å²) < 4.78 is 38.1. The van der Waals surface area contributed by atoms with Gasteiger partial charge in [0.15, 0.2) is 23.0 Å². The van der Waals surface area contributed by atoms with Crippen LogP contribution in [0, 0.1) is 12.7 Å². The van der Waals surface area contributed by atoms with Crippen molar-refractivity contribution >= 4 is 0 Å².